The van der Waals surface area contributed by atoms with E-state index < -0.39 is 11.7 Å². The van der Waals surface area contributed by atoms with E-state index in [1.165, 1.54) is 0 Å². The number of hydrogen-bond acceptors (Lipinski definition) is 4. The van der Waals surface area contributed by atoms with E-state index in [1.54, 1.807) is 40.2 Å². The second kappa shape index (κ2) is 6.77. The summed E-state index contributed by atoms with van der Waals surface area (Å²) >= 11 is 0. The molecule has 0 spiro atoms. The first-order chi connectivity index (χ1) is 9.33. The zero-order chi connectivity index (χ0) is 15.3. The van der Waals surface area contributed by atoms with Crippen LogP contribution >= 0.6 is 0 Å². The Morgan fingerprint density at radius 1 is 1.20 bits per heavy atom. The van der Waals surface area contributed by atoms with Crippen LogP contribution in [0.1, 0.15) is 25.0 Å². The third kappa shape index (κ3) is 3.99. The van der Waals surface area contributed by atoms with Crippen molar-refractivity contribution in [1.29, 1.82) is 0 Å². The fraction of sp³-hybridized carbons (Fsp3) is 0.500. The summed E-state index contributed by atoms with van der Waals surface area (Å²) in [5.74, 6) is 1.36. The molecule has 1 atom stereocenters. The van der Waals surface area contributed by atoms with E-state index in [0.29, 0.717) is 18.6 Å². The highest BCUT2D eigenvalue weighted by molar-refractivity contribution is 5.47. The first kappa shape index (κ1) is 16.5. The molecule has 112 valence electrons. The van der Waals surface area contributed by atoms with Crippen LogP contribution < -0.4 is 9.47 Å². The van der Waals surface area contributed by atoms with Gasteiger partial charge in [0.05, 0.1) is 25.9 Å². The van der Waals surface area contributed by atoms with Gasteiger partial charge < -0.3 is 19.7 Å². The Hall–Kier alpha value is -1.52. The summed E-state index contributed by atoms with van der Waals surface area (Å²) in [6.45, 7) is 6.89. The molecule has 1 rings (SSSR count). The molecule has 0 aliphatic carbocycles. The quantitative estimate of drug-likeness (QED) is 0.751. The summed E-state index contributed by atoms with van der Waals surface area (Å²) in [6, 6.07) is 3.72. The average molecular weight is 280 g/mol. The van der Waals surface area contributed by atoms with Crippen LogP contribution in [0.4, 0.5) is 0 Å². The maximum absolute atomic E-state index is 10.0. The summed E-state index contributed by atoms with van der Waals surface area (Å²) in [6.07, 6.45) is 1.89. The van der Waals surface area contributed by atoms with Gasteiger partial charge in [-0.2, -0.15) is 0 Å². The van der Waals surface area contributed by atoms with Crippen molar-refractivity contribution in [2.45, 2.75) is 38.4 Å². The van der Waals surface area contributed by atoms with Crippen molar-refractivity contribution in [3.05, 3.63) is 35.9 Å². The van der Waals surface area contributed by atoms with Crippen LogP contribution in [-0.2, 0) is 12.8 Å². The van der Waals surface area contributed by atoms with Gasteiger partial charge in [0.25, 0.3) is 0 Å². The number of rotatable bonds is 7. The lowest BCUT2D eigenvalue weighted by molar-refractivity contribution is -0.0471. The number of aliphatic hydroxyl groups is 2. The van der Waals surface area contributed by atoms with Crippen molar-refractivity contribution in [2.24, 2.45) is 0 Å². The Bertz CT molecular complexity index is 460. The highest BCUT2D eigenvalue weighted by Crippen LogP contribution is 2.31. The van der Waals surface area contributed by atoms with E-state index in [0.717, 1.165) is 16.9 Å². The van der Waals surface area contributed by atoms with Crippen molar-refractivity contribution in [2.75, 3.05) is 14.2 Å². The first-order valence-corrected chi connectivity index (χ1v) is 6.58. The zero-order valence-corrected chi connectivity index (χ0v) is 12.6. The Labute approximate surface area is 120 Å². The van der Waals surface area contributed by atoms with Crippen LogP contribution in [0.5, 0.6) is 11.5 Å². The minimum atomic E-state index is -1.16. The largest absolute Gasteiger partial charge is 0.496 e. The molecular weight excluding hydrogens is 256 g/mol. The molecule has 1 aromatic rings. The van der Waals surface area contributed by atoms with E-state index in [1.807, 2.05) is 6.07 Å². The number of allylic oxidation sites excluding steroid dienone is 1. The predicted molar refractivity (Wildman–Crippen MR) is 79.5 cm³/mol. The average Bonchev–Trinajstić information content (AvgIpc) is 2.38. The van der Waals surface area contributed by atoms with Gasteiger partial charge in [-0.05, 0) is 37.5 Å². The van der Waals surface area contributed by atoms with E-state index in [2.05, 4.69) is 6.58 Å². The summed E-state index contributed by atoms with van der Waals surface area (Å²) in [4.78, 5) is 0. The van der Waals surface area contributed by atoms with E-state index in [-0.39, 0.29) is 0 Å². The molecule has 0 saturated heterocycles. The van der Waals surface area contributed by atoms with E-state index in [4.69, 9.17) is 9.47 Å². The van der Waals surface area contributed by atoms with E-state index in [9.17, 15) is 10.2 Å². The molecule has 0 radical (unpaired) electrons. The van der Waals surface area contributed by atoms with Gasteiger partial charge in [0, 0.05) is 12.5 Å². The van der Waals surface area contributed by atoms with Crippen LogP contribution in [0.3, 0.4) is 0 Å². The Balaban J connectivity index is 3.16. The predicted octanol–water partition coefficient (Wildman–Crippen LogP) is 2.11. The monoisotopic (exact) mass is 280 g/mol. The minimum absolute atomic E-state index is 0.306. The number of ether oxygens (including phenoxy) is 2. The van der Waals surface area contributed by atoms with Gasteiger partial charge in [-0.25, -0.2) is 0 Å². The van der Waals surface area contributed by atoms with Crippen LogP contribution in [0, 0.1) is 0 Å². The van der Waals surface area contributed by atoms with Crippen molar-refractivity contribution in [3.63, 3.8) is 0 Å². The summed E-state index contributed by atoms with van der Waals surface area (Å²) < 4.78 is 10.7. The molecule has 0 bridgehead atoms. The van der Waals surface area contributed by atoms with Crippen molar-refractivity contribution in [3.8, 4) is 11.5 Å². The Kier molecular flexibility index (Phi) is 5.60. The van der Waals surface area contributed by atoms with Crippen LogP contribution in [0.15, 0.2) is 24.8 Å². The molecule has 1 unspecified atom stereocenters. The fourth-order valence-corrected chi connectivity index (χ4v) is 1.97. The highest BCUT2D eigenvalue weighted by Gasteiger charge is 2.26. The first-order valence-electron chi connectivity index (χ1n) is 6.58. The van der Waals surface area contributed by atoms with Gasteiger partial charge in [0.1, 0.15) is 11.5 Å². The van der Waals surface area contributed by atoms with Gasteiger partial charge >= 0.3 is 0 Å². The Morgan fingerprint density at radius 2 is 1.75 bits per heavy atom. The molecule has 0 aromatic heterocycles. The lowest BCUT2D eigenvalue weighted by Gasteiger charge is -2.25. The number of hydrogen-bond donors (Lipinski definition) is 2. The molecule has 0 aliphatic heterocycles. The topological polar surface area (TPSA) is 58.9 Å². The second-order valence-corrected chi connectivity index (χ2v) is 5.34. The summed E-state index contributed by atoms with van der Waals surface area (Å²) in [5, 5.41) is 19.9. The lowest BCUT2D eigenvalue weighted by atomic mass is 9.93. The number of aliphatic hydroxyl groups excluding tert-OH is 1. The third-order valence-electron chi connectivity index (χ3n) is 3.28. The molecule has 0 amide bonds. The lowest BCUT2D eigenvalue weighted by Crippen LogP contribution is -2.37. The highest BCUT2D eigenvalue weighted by atomic mass is 16.5. The fourth-order valence-electron chi connectivity index (χ4n) is 1.97. The maximum atomic E-state index is 10.0. The molecule has 0 fully saturated rings. The molecule has 1 aromatic carbocycles. The smallest absolute Gasteiger partial charge is 0.126 e. The van der Waals surface area contributed by atoms with Crippen molar-refractivity contribution >= 4 is 0 Å². The van der Waals surface area contributed by atoms with Gasteiger partial charge in [-0.15, -0.1) is 6.58 Å². The Morgan fingerprint density at radius 3 is 2.20 bits per heavy atom. The summed E-state index contributed by atoms with van der Waals surface area (Å²) in [5.41, 5.74) is 0.643. The van der Waals surface area contributed by atoms with Gasteiger partial charge in [-0.3, -0.25) is 0 Å². The van der Waals surface area contributed by atoms with Crippen molar-refractivity contribution in [1.82, 2.24) is 0 Å². The normalized spacial score (nSPS) is 12.9. The molecule has 0 saturated carbocycles. The molecule has 20 heavy (non-hydrogen) atoms. The molecule has 4 heteroatoms. The van der Waals surface area contributed by atoms with Crippen LogP contribution in [0.25, 0.3) is 0 Å². The maximum Gasteiger partial charge on any atom is 0.126 e. The summed E-state index contributed by atoms with van der Waals surface area (Å²) in [7, 11) is 3.18. The van der Waals surface area contributed by atoms with Gasteiger partial charge in [-0.1, -0.05) is 6.08 Å². The zero-order valence-electron chi connectivity index (χ0n) is 12.6. The standard InChI is InChI=1S/C16H24O4/c1-6-7-11-8-12(9-15(17)16(2,3)18)14(20-5)10-13(11)19-4/h6,8,10,15,17-18H,1,7,9H2,2-5H3. The van der Waals surface area contributed by atoms with Gasteiger partial charge in [0.2, 0.25) is 0 Å². The van der Waals surface area contributed by atoms with Crippen LogP contribution in [-0.4, -0.2) is 36.1 Å². The molecule has 0 heterocycles. The number of methoxy groups -OCH3 is 2. The van der Waals surface area contributed by atoms with Crippen molar-refractivity contribution < 1.29 is 19.7 Å². The SMILES string of the molecule is C=CCc1cc(CC(O)C(C)(C)O)c(OC)cc1OC. The molecule has 0 aliphatic rings. The second-order valence-electron chi connectivity index (χ2n) is 5.34. The van der Waals surface area contributed by atoms with E-state index >= 15 is 0 Å². The van der Waals surface area contributed by atoms with Gasteiger partial charge in [0.15, 0.2) is 0 Å². The number of benzene rings is 1. The third-order valence-corrected chi connectivity index (χ3v) is 3.28. The molecule has 2 N–H and O–H groups in total. The van der Waals surface area contributed by atoms with Crippen LogP contribution in [0.2, 0.25) is 0 Å². The molecular formula is C16H24O4. The minimum Gasteiger partial charge on any atom is -0.496 e. The molecule has 4 nitrogen and oxygen atoms in total.